The first-order chi connectivity index (χ1) is 10.0. The Labute approximate surface area is 135 Å². The quantitative estimate of drug-likeness (QED) is 0.633. The molecule has 2 rings (SSSR count). The van der Waals surface area contributed by atoms with Crippen LogP contribution in [-0.4, -0.2) is 15.8 Å². The van der Waals surface area contributed by atoms with E-state index in [1.807, 2.05) is 29.8 Å². The van der Waals surface area contributed by atoms with E-state index in [-0.39, 0.29) is 6.04 Å². The number of hydrogen-bond donors (Lipinski definition) is 2. The highest BCUT2D eigenvalue weighted by atomic mass is 35.5. The SMILES string of the molecule is CCn1nc(C)cc1CC(Cc1c(Cl)cccc1Cl)NN. The van der Waals surface area contributed by atoms with E-state index >= 15 is 0 Å². The fourth-order valence-electron chi connectivity index (χ4n) is 2.45. The maximum absolute atomic E-state index is 6.23. The van der Waals surface area contributed by atoms with Crippen molar-refractivity contribution in [3.63, 3.8) is 0 Å². The molecule has 0 spiro atoms. The molecule has 0 amide bonds. The van der Waals surface area contributed by atoms with Gasteiger partial charge in [-0.15, -0.1) is 0 Å². The molecule has 0 aliphatic heterocycles. The Hall–Kier alpha value is -1.07. The summed E-state index contributed by atoms with van der Waals surface area (Å²) < 4.78 is 1.99. The van der Waals surface area contributed by atoms with Gasteiger partial charge in [-0.25, -0.2) is 0 Å². The van der Waals surface area contributed by atoms with Gasteiger partial charge in [-0.1, -0.05) is 29.3 Å². The van der Waals surface area contributed by atoms with Gasteiger partial charge in [-0.05, 0) is 44.0 Å². The zero-order valence-corrected chi connectivity index (χ0v) is 13.7. The summed E-state index contributed by atoms with van der Waals surface area (Å²) in [5, 5.41) is 5.79. The van der Waals surface area contributed by atoms with Gasteiger partial charge in [0.2, 0.25) is 0 Å². The van der Waals surface area contributed by atoms with Crippen molar-refractivity contribution in [2.45, 2.75) is 39.3 Å². The van der Waals surface area contributed by atoms with E-state index in [2.05, 4.69) is 23.5 Å². The minimum absolute atomic E-state index is 0.0452. The van der Waals surface area contributed by atoms with Crippen LogP contribution in [0.25, 0.3) is 0 Å². The molecule has 1 aromatic carbocycles. The largest absolute Gasteiger partial charge is 0.271 e. The molecule has 0 radical (unpaired) electrons. The predicted molar refractivity (Wildman–Crippen MR) is 87.6 cm³/mol. The topological polar surface area (TPSA) is 55.9 Å². The van der Waals surface area contributed by atoms with Crippen molar-refractivity contribution < 1.29 is 0 Å². The van der Waals surface area contributed by atoms with Crippen LogP contribution in [0.3, 0.4) is 0 Å². The molecule has 1 unspecified atom stereocenters. The summed E-state index contributed by atoms with van der Waals surface area (Å²) in [5.41, 5.74) is 5.94. The van der Waals surface area contributed by atoms with Crippen molar-refractivity contribution in [1.82, 2.24) is 15.2 Å². The predicted octanol–water partition coefficient (Wildman–Crippen LogP) is 3.14. The molecule has 6 heteroatoms. The summed E-state index contributed by atoms with van der Waals surface area (Å²) >= 11 is 12.5. The highest BCUT2D eigenvalue weighted by Crippen LogP contribution is 2.26. The fraction of sp³-hybridized carbons (Fsp3) is 0.400. The van der Waals surface area contributed by atoms with E-state index in [0.29, 0.717) is 16.5 Å². The minimum atomic E-state index is 0.0452. The number of hydrogen-bond acceptors (Lipinski definition) is 3. The first-order valence-electron chi connectivity index (χ1n) is 6.97. The number of benzene rings is 1. The highest BCUT2D eigenvalue weighted by Gasteiger charge is 2.16. The number of nitrogens with zero attached hydrogens (tertiary/aromatic N) is 2. The van der Waals surface area contributed by atoms with Crippen LogP contribution in [0, 0.1) is 6.92 Å². The Bertz CT molecular complexity index is 589. The Morgan fingerprint density at radius 2 is 1.95 bits per heavy atom. The van der Waals surface area contributed by atoms with Crippen molar-refractivity contribution in [3.8, 4) is 0 Å². The Morgan fingerprint density at radius 1 is 1.29 bits per heavy atom. The molecule has 0 bridgehead atoms. The van der Waals surface area contributed by atoms with Crippen molar-refractivity contribution >= 4 is 23.2 Å². The Kier molecular flexibility index (Phi) is 5.65. The molecule has 0 aliphatic carbocycles. The Balaban J connectivity index is 2.17. The Morgan fingerprint density at radius 3 is 2.52 bits per heavy atom. The lowest BCUT2D eigenvalue weighted by atomic mass is 10.0. The second-order valence-corrected chi connectivity index (χ2v) is 5.88. The average Bonchev–Trinajstić information content (AvgIpc) is 2.81. The summed E-state index contributed by atoms with van der Waals surface area (Å²) in [6, 6.07) is 7.66. The molecule has 1 atom stereocenters. The molecule has 1 heterocycles. The zero-order valence-electron chi connectivity index (χ0n) is 12.2. The van der Waals surface area contributed by atoms with Crippen molar-refractivity contribution in [2.24, 2.45) is 5.84 Å². The second-order valence-electron chi connectivity index (χ2n) is 5.06. The van der Waals surface area contributed by atoms with E-state index in [9.17, 15) is 0 Å². The van der Waals surface area contributed by atoms with Gasteiger partial charge >= 0.3 is 0 Å². The van der Waals surface area contributed by atoms with E-state index < -0.39 is 0 Å². The number of aryl methyl sites for hydroxylation is 2. The number of nitrogens with two attached hydrogens (primary N) is 1. The van der Waals surface area contributed by atoms with Gasteiger partial charge in [0.15, 0.2) is 0 Å². The smallest absolute Gasteiger partial charge is 0.0596 e. The summed E-state index contributed by atoms with van der Waals surface area (Å²) in [7, 11) is 0. The van der Waals surface area contributed by atoms with Crippen LogP contribution in [0.1, 0.15) is 23.9 Å². The van der Waals surface area contributed by atoms with Crippen LogP contribution in [0.5, 0.6) is 0 Å². The molecule has 114 valence electrons. The van der Waals surface area contributed by atoms with Gasteiger partial charge in [0.1, 0.15) is 0 Å². The first-order valence-corrected chi connectivity index (χ1v) is 7.73. The fourth-order valence-corrected chi connectivity index (χ4v) is 3.01. The maximum atomic E-state index is 6.23. The molecule has 3 N–H and O–H groups in total. The highest BCUT2D eigenvalue weighted by molar-refractivity contribution is 6.36. The van der Waals surface area contributed by atoms with Gasteiger partial charge in [-0.3, -0.25) is 16.0 Å². The molecular weight excluding hydrogens is 307 g/mol. The van der Waals surface area contributed by atoms with Crippen molar-refractivity contribution in [3.05, 3.63) is 51.3 Å². The molecule has 0 fully saturated rings. The third kappa shape index (κ3) is 3.98. The molecule has 1 aromatic heterocycles. The first kappa shape index (κ1) is 16.3. The standard InChI is InChI=1S/C15H20Cl2N4/c1-3-21-12(7-10(2)20-21)8-11(19-18)9-13-14(16)5-4-6-15(13)17/h4-7,11,19H,3,8-9,18H2,1-2H3. The van der Waals surface area contributed by atoms with Crippen molar-refractivity contribution in [2.75, 3.05) is 0 Å². The number of hydrazine groups is 1. The summed E-state index contributed by atoms with van der Waals surface area (Å²) in [6.45, 7) is 4.91. The molecule has 0 saturated heterocycles. The van der Waals surface area contributed by atoms with Crippen LogP contribution in [0.4, 0.5) is 0 Å². The monoisotopic (exact) mass is 326 g/mol. The average molecular weight is 327 g/mol. The van der Waals surface area contributed by atoms with E-state index in [0.717, 1.165) is 29.9 Å². The van der Waals surface area contributed by atoms with E-state index in [4.69, 9.17) is 29.0 Å². The van der Waals surface area contributed by atoms with Gasteiger partial charge in [0, 0.05) is 34.7 Å². The van der Waals surface area contributed by atoms with Crippen LogP contribution in [-0.2, 0) is 19.4 Å². The summed E-state index contributed by atoms with van der Waals surface area (Å²) in [4.78, 5) is 0. The number of halogens is 2. The zero-order chi connectivity index (χ0) is 15.4. The maximum Gasteiger partial charge on any atom is 0.0596 e. The molecule has 0 saturated carbocycles. The van der Waals surface area contributed by atoms with Gasteiger partial charge in [0.05, 0.1) is 5.69 Å². The van der Waals surface area contributed by atoms with Crippen LogP contribution < -0.4 is 11.3 Å². The third-order valence-corrected chi connectivity index (χ3v) is 4.20. The van der Waals surface area contributed by atoms with E-state index in [1.54, 1.807) is 0 Å². The van der Waals surface area contributed by atoms with Gasteiger partial charge < -0.3 is 0 Å². The molecule has 0 aliphatic rings. The lowest BCUT2D eigenvalue weighted by molar-refractivity contribution is 0.496. The van der Waals surface area contributed by atoms with Gasteiger partial charge in [0.25, 0.3) is 0 Å². The third-order valence-electron chi connectivity index (χ3n) is 3.49. The van der Waals surface area contributed by atoms with Crippen LogP contribution >= 0.6 is 23.2 Å². The van der Waals surface area contributed by atoms with Crippen molar-refractivity contribution in [1.29, 1.82) is 0 Å². The molecule has 4 nitrogen and oxygen atoms in total. The van der Waals surface area contributed by atoms with Crippen LogP contribution in [0.15, 0.2) is 24.3 Å². The van der Waals surface area contributed by atoms with Gasteiger partial charge in [-0.2, -0.15) is 5.10 Å². The lowest BCUT2D eigenvalue weighted by Gasteiger charge is -2.18. The second kappa shape index (κ2) is 7.27. The summed E-state index contributed by atoms with van der Waals surface area (Å²) in [5.74, 6) is 5.70. The molecular formula is C15H20Cl2N4. The van der Waals surface area contributed by atoms with E-state index in [1.165, 1.54) is 0 Å². The normalized spacial score (nSPS) is 12.6. The lowest BCUT2D eigenvalue weighted by Crippen LogP contribution is -2.39. The molecule has 21 heavy (non-hydrogen) atoms. The number of nitrogens with one attached hydrogen (secondary N) is 1. The minimum Gasteiger partial charge on any atom is -0.271 e. The number of aromatic nitrogens is 2. The van der Waals surface area contributed by atoms with Crippen LogP contribution in [0.2, 0.25) is 10.0 Å². The summed E-state index contributed by atoms with van der Waals surface area (Å²) in [6.07, 6.45) is 1.44. The number of rotatable bonds is 6. The molecule has 2 aromatic rings.